The molecule has 0 bridgehead atoms. The Kier molecular flexibility index (Phi) is 4.21. The van der Waals surface area contributed by atoms with Crippen LogP contribution in [-0.2, 0) is 0 Å². The molecule has 2 N–H and O–H groups in total. The van der Waals surface area contributed by atoms with Gasteiger partial charge in [-0.1, -0.05) is 34.1 Å². The van der Waals surface area contributed by atoms with Crippen molar-refractivity contribution in [3.05, 3.63) is 11.8 Å². The molecule has 0 radical (unpaired) electrons. The quantitative estimate of drug-likeness (QED) is 0.557. The molecule has 0 atom stereocenters. The van der Waals surface area contributed by atoms with Gasteiger partial charge in [-0.2, -0.15) is 0 Å². The highest BCUT2D eigenvalue weighted by molar-refractivity contribution is 5.10. The van der Waals surface area contributed by atoms with E-state index in [0.717, 1.165) is 18.9 Å². The van der Waals surface area contributed by atoms with Crippen molar-refractivity contribution in [2.45, 2.75) is 53.4 Å². The molecule has 2 nitrogen and oxygen atoms in total. The van der Waals surface area contributed by atoms with Crippen molar-refractivity contribution in [2.75, 3.05) is 6.54 Å². The van der Waals surface area contributed by atoms with Crippen LogP contribution in [0.3, 0.4) is 0 Å². The average Bonchev–Trinajstić information content (AvgIpc) is 2.85. The molecule has 1 rings (SSSR count). The van der Waals surface area contributed by atoms with Gasteiger partial charge in [0.25, 0.3) is 0 Å². The van der Waals surface area contributed by atoms with Gasteiger partial charge >= 0.3 is 0 Å². The molecule has 0 aromatic rings. The normalized spacial score (nSPS) is 18.1. The minimum atomic E-state index is 0.247. The SMILES string of the molecule is CCC/C(=C\N(N)CC1CC1)C(C)(C)C. The third kappa shape index (κ3) is 4.70. The van der Waals surface area contributed by atoms with E-state index in [1.54, 1.807) is 0 Å². The first-order valence-electron chi connectivity index (χ1n) is 6.16. The molecular weight excluding hydrogens is 184 g/mol. The second-order valence-electron chi connectivity index (χ2n) is 5.79. The number of rotatable bonds is 5. The summed E-state index contributed by atoms with van der Waals surface area (Å²) < 4.78 is 0. The lowest BCUT2D eigenvalue weighted by Crippen LogP contribution is -2.29. The fourth-order valence-corrected chi connectivity index (χ4v) is 1.75. The van der Waals surface area contributed by atoms with Crippen LogP contribution in [0.4, 0.5) is 0 Å². The molecule has 0 aromatic heterocycles. The smallest absolute Gasteiger partial charge is 0.0363 e. The lowest BCUT2D eigenvalue weighted by Gasteiger charge is -2.25. The van der Waals surface area contributed by atoms with Crippen LogP contribution in [0.15, 0.2) is 11.8 Å². The molecule has 1 fully saturated rings. The third-order valence-corrected chi connectivity index (χ3v) is 2.97. The molecule has 1 saturated carbocycles. The van der Waals surface area contributed by atoms with Gasteiger partial charge < -0.3 is 5.01 Å². The Balaban J connectivity index is 2.55. The van der Waals surface area contributed by atoms with Gasteiger partial charge in [-0.05, 0) is 36.2 Å². The summed E-state index contributed by atoms with van der Waals surface area (Å²) in [5, 5.41) is 1.90. The molecule has 1 aliphatic carbocycles. The minimum Gasteiger partial charge on any atom is -0.318 e. The first kappa shape index (κ1) is 12.6. The highest BCUT2D eigenvalue weighted by Crippen LogP contribution is 2.31. The Labute approximate surface area is 94.5 Å². The molecule has 0 saturated heterocycles. The summed E-state index contributed by atoms with van der Waals surface area (Å²) >= 11 is 0. The predicted molar refractivity (Wildman–Crippen MR) is 66.1 cm³/mol. The molecule has 15 heavy (non-hydrogen) atoms. The number of nitrogens with two attached hydrogens (primary N) is 1. The van der Waals surface area contributed by atoms with Gasteiger partial charge in [0.05, 0.1) is 0 Å². The highest BCUT2D eigenvalue weighted by atomic mass is 15.4. The fourth-order valence-electron chi connectivity index (χ4n) is 1.75. The van der Waals surface area contributed by atoms with Crippen LogP contribution in [0.25, 0.3) is 0 Å². The second kappa shape index (κ2) is 5.02. The van der Waals surface area contributed by atoms with E-state index < -0.39 is 0 Å². The Morgan fingerprint density at radius 3 is 2.40 bits per heavy atom. The Bertz CT molecular complexity index is 221. The lowest BCUT2D eigenvalue weighted by atomic mass is 9.84. The number of hydrogen-bond donors (Lipinski definition) is 1. The van der Waals surface area contributed by atoms with Gasteiger partial charge in [0.1, 0.15) is 0 Å². The molecule has 0 spiro atoms. The third-order valence-electron chi connectivity index (χ3n) is 2.97. The van der Waals surface area contributed by atoms with E-state index in [2.05, 4.69) is 33.9 Å². The van der Waals surface area contributed by atoms with Crippen LogP contribution in [0.2, 0.25) is 0 Å². The van der Waals surface area contributed by atoms with Gasteiger partial charge in [-0.25, -0.2) is 5.84 Å². The molecule has 0 amide bonds. The fraction of sp³-hybridized carbons (Fsp3) is 0.846. The first-order valence-corrected chi connectivity index (χ1v) is 6.16. The molecule has 2 heteroatoms. The Hall–Kier alpha value is -0.500. The predicted octanol–water partition coefficient (Wildman–Crippen LogP) is 3.30. The van der Waals surface area contributed by atoms with Gasteiger partial charge in [-0.15, -0.1) is 0 Å². The van der Waals surface area contributed by atoms with Gasteiger partial charge in [0.15, 0.2) is 0 Å². The maximum atomic E-state index is 6.00. The molecule has 1 aliphatic rings. The molecule has 0 unspecified atom stereocenters. The van der Waals surface area contributed by atoms with Crippen molar-refractivity contribution in [3.8, 4) is 0 Å². The van der Waals surface area contributed by atoms with E-state index in [9.17, 15) is 0 Å². The van der Waals surface area contributed by atoms with E-state index in [-0.39, 0.29) is 5.41 Å². The summed E-state index contributed by atoms with van der Waals surface area (Å²) in [6.45, 7) is 10.0. The summed E-state index contributed by atoms with van der Waals surface area (Å²) in [5.41, 5.74) is 1.71. The summed E-state index contributed by atoms with van der Waals surface area (Å²) in [5.74, 6) is 6.86. The minimum absolute atomic E-state index is 0.247. The van der Waals surface area contributed by atoms with Gasteiger partial charge in [-0.3, -0.25) is 0 Å². The van der Waals surface area contributed by atoms with Crippen molar-refractivity contribution >= 4 is 0 Å². The monoisotopic (exact) mass is 210 g/mol. The lowest BCUT2D eigenvalue weighted by molar-refractivity contribution is 0.356. The molecule has 0 heterocycles. The zero-order valence-corrected chi connectivity index (χ0v) is 10.7. The number of allylic oxidation sites excluding steroid dienone is 1. The van der Waals surface area contributed by atoms with Crippen molar-refractivity contribution in [2.24, 2.45) is 17.2 Å². The van der Waals surface area contributed by atoms with E-state index in [1.807, 2.05) is 5.01 Å². The molecule has 88 valence electrons. The van der Waals surface area contributed by atoms with E-state index in [4.69, 9.17) is 5.84 Å². The van der Waals surface area contributed by atoms with Crippen molar-refractivity contribution in [1.29, 1.82) is 0 Å². The van der Waals surface area contributed by atoms with E-state index >= 15 is 0 Å². The summed E-state index contributed by atoms with van der Waals surface area (Å²) in [7, 11) is 0. The van der Waals surface area contributed by atoms with Crippen LogP contribution < -0.4 is 5.84 Å². The topological polar surface area (TPSA) is 29.3 Å². The van der Waals surface area contributed by atoms with Crippen LogP contribution >= 0.6 is 0 Å². The van der Waals surface area contributed by atoms with Crippen molar-refractivity contribution in [1.82, 2.24) is 5.01 Å². The largest absolute Gasteiger partial charge is 0.318 e. The van der Waals surface area contributed by atoms with Crippen LogP contribution in [0.5, 0.6) is 0 Å². The van der Waals surface area contributed by atoms with Crippen LogP contribution in [0.1, 0.15) is 53.4 Å². The second-order valence-corrected chi connectivity index (χ2v) is 5.79. The Morgan fingerprint density at radius 2 is 2.00 bits per heavy atom. The standard InChI is InChI=1S/C13H26N2/c1-5-6-12(13(2,3)4)10-15(14)9-11-7-8-11/h10-11H,5-9,14H2,1-4H3/b12-10+. The molecule has 0 aliphatic heterocycles. The van der Waals surface area contributed by atoms with Gasteiger partial charge in [0.2, 0.25) is 0 Å². The average molecular weight is 210 g/mol. The number of hydrazine groups is 1. The first-order chi connectivity index (χ1) is 6.93. The maximum Gasteiger partial charge on any atom is 0.0363 e. The summed E-state index contributed by atoms with van der Waals surface area (Å²) in [6, 6.07) is 0. The summed E-state index contributed by atoms with van der Waals surface area (Å²) in [6.07, 6.45) is 7.24. The van der Waals surface area contributed by atoms with Crippen molar-refractivity contribution < 1.29 is 0 Å². The van der Waals surface area contributed by atoms with E-state index in [1.165, 1.54) is 24.8 Å². The van der Waals surface area contributed by atoms with Crippen molar-refractivity contribution in [3.63, 3.8) is 0 Å². The van der Waals surface area contributed by atoms with Crippen LogP contribution in [-0.4, -0.2) is 11.6 Å². The zero-order valence-electron chi connectivity index (χ0n) is 10.7. The summed E-state index contributed by atoms with van der Waals surface area (Å²) in [4.78, 5) is 0. The zero-order chi connectivity index (χ0) is 11.5. The number of nitrogens with zero attached hydrogens (tertiary/aromatic N) is 1. The molecular formula is C13H26N2. The van der Waals surface area contributed by atoms with Gasteiger partial charge in [0, 0.05) is 12.7 Å². The van der Waals surface area contributed by atoms with Crippen LogP contribution in [0, 0.1) is 11.3 Å². The number of hydrogen-bond acceptors (Lipinski definition) is 2. The highest BCUT2D eigenvalue weighted by Gasteiger charge is 2.23. The maximum absolute atomic E-state index is 6.00. The Morgan fingerprint density at radius 1 is 1.40 bits per heavy atom. The molecule has 0 aromatic carbocycles. The van der Waals surface area contributed by atoms with E-state index in [0.29, 0.717) is 0 Å².